The summed E-state index contributed by atoms with van der Waals surface area (Å²) in [7, 11) is 3.96. The van der Waals surface area contributed by atoms with Crippen LogP contribution in [0.3, 0.4) is 0 Å². The fraction of sp³-hybridized carbons (Fsp3) is 0.556. The number of primary amides is 1. The van der Waals surface area contributed by atoms with Crippen LogP contribution in [0.25, 0.3) is 0 Å². The molecule has 90 valence electrons. The van der Waals surface area contributed by atoms with E-state index in [4.69, 9.17) is 11.5 Å². The number of hydrogen-bond acceptors (Lipinski definition) is 6. The molecule has 0 saturated heterocycles. The SMILES string of the molecule is CC(CN(C)C)Nc1snc(N)c1C(N)=O. The van der Waals surface area contributed by atoms with Crippen molar-refractivity contribution < 1.29 is 4.79 Å². The van der Waals surface area contributed by atoms with E-state index in [2.05, 4.69) is 9.69 Å². The highest BCUT2D eigenvalue weighted by atomic mass is 32.1. The van der Waals surface area contributed by atoms with Gasteiger partial charge >= 0.3 is 0 Å². The first-order valence-electron chi connectivity index (χ1n) is 4.88. The van der Waals surface area contributed by atoms with Gasteiger partial charge in [-0.25, -0.2) is 0 Å². The van der Waals surface area contributed by atoms with Gasteiger partial charge in [0.1, 0.15) is 10.6 Å². The molecule has 1 atom stereocenters. The molecule has 7 heteroatoms. The minimum Gasteiger partial charge on any atom is -0.382 e. The minimum atomic E-state index is -0.550. The first kappa shape index (κ1) is 12.7. The Morgan fingerprint density at radius 1 is 1.62 bits per heavy atom. The maximum atomic E-state index is 11.2. The molecule has 0 radical (unpaired) electrons. The number of nitrogens with two attached hydrogens (primary N) is 2. The van der Waals surface area contributed by atoms with Crippen LogP contribution in [-0.2, 0) is 0 Å². The number of nitrogen functional groups attached to an aromatic ring is 1. The van der Waals surface area contributed by atoms with Gasteiger partial charge in [-0.3, -0.25) is 4.79 Å². The largest absolute Gasteiger partial charge is 0.382 e. The summed E-state index contributed by atoms with van der Waals surface area (Å²) in [5, 5.41) is 3.82. The lowest BCUT2D eigenvalue weighted by Crippen LogP contribution is -2.30. The number of aromatic nitrogens is 1. The summed E-state index contributed by atoms with van der Waals surface area (Å²) in [6.07, 6.45) is 0. The zero-order valence-electron chi connectivity index (χ0n) is 9.65. The topological polar surface area (TPSA) is 97.3 Å². The predicted octanol–water partition coefficient (Wildman–Crippen LogP) is 0.186. The highest BCUT2D eigenvalue weighted by Gasteiger charge is 2.18. The van der Waals surface area contributed by atoms with E-state index in [1.165, 1.54) is 0 Å². The third-order valence-corrected chi connectivity index (χ3v) is 2.77. The van der Waals surface area contributed by atoms with Crippen molar-refractivity contribution in [3.63, 3.8) is 0 Å². The van der Waals surface area contributed by atoms with Crippen LogP contribution in [-0.4, -0.2) is 41.9 Å². The van der Waals surface area contributed by atoms with Crippen LogP contribution in [0.1, 0.15) is 17.3 Å². The number of likely N-dealkylation sites (N-methyl/N-ethyl adjacent to an activating group) is 1. The highest BCUT2D eigenvalue weighted by Crippen LogP contribution is 2.26. The molecule has 1 aromatic heterocycles. The van der Waals surface area contributed by atoms with Crippen LogP contribution < -0.4 is 16.8 Å². The standard InChI is InChI=1S/C9H17N5OS/c1-5(4-14(2)3)12-9-6(8(11)15)7(10)13-16-9/h5,12H,4H2,1-3H3,(H2,10,13)(H2,11,15). The molecule has 1 aromatic rings. The van der Waals surface area contributed by atoms with E-state index in [0.29, 0.717) is 5.00 Å². The molecule has 0 aromatic carbocycles. The normalized spacial score (nSPS) is 12.8. The van der Waals surface area contributed by atoms with Crippen LogP contribution in [0.2, 0.25) is 0 Å². The summed E-state index contributed by atoms with van der Waals surface area (Å²) < 4.78 is 3.91. The zero-order chi connectivity index (χ0) is 12.3. The Morgan fingerprint density at radius 3 is 2.75 bits per heavy atom. The Hall–Kier alpha value is -1.34. The number of nitrogens with one attached hydrogen (secondary N) is 1. The van der Waals surface area contributed by atoms with E-state index >= 15 is 0 Å². The Labute approximate surface area is 98.8 Å². The summed E-state index contributed by atoms with van der Waals surface area (Å²) in [5.74, 6) is -0.358. The second-order valence-electron chi connectivity index (χ2n) is 3.94. The van der Waals surface area contributed by atoms with Crippen LogP contribution in [0.4, 0.5) is 10.8 Å². The predicted molar refractivity (Wildman–Crippen MR) is 66.7 cm³/mol. The molecule has 0 aliphatic rings. The quantitative estimate of drug-likeness (QED) is 0.685. The Bertz CT molecular complexity index is 376. The lowest BCUT2D eigenvalue weighted by atomic mass is 10.2. The number of hydrogen-bond donors (Lipinski definition) is 3. The summed E-state index contributed by atoms with van der Waals surface area (Å²) in [6, 6.07) is 0.188. The number of amides is 1. The van der Waals surface area contributed by atoms with E-state index in [-0.39, 0.29) is 17.4 Å². The van der Waals surface area contributed by atoms with Crippen LogP contribution >= 0.6 is 11.5 Å². The van der Waals surface area contributed by atoms with E-state index in [0.717, 1.165) is 18.1 Å². The van der Waals surface area contributed by atoms with Gasteiger partial charge in [-0.15, -0.1) is 0 Å². The van der Waals surface area contributed by atoms with Crippen molar-refractivity contribution in [3.8, 4) is 0 Å². The van der Waals surface area contributed by atoms with Crippen molar-refractivity contribution in [1.29, 1.82) is 0 Å². The van der Waals surface area contributed by atoms with Gasteiger partial charge in [-0.1, -0.05) is 0 Å². The zero-order valence-corrected chi connectivity index (χ0v) is 10.5. The number of anilines is 2. The number of nitrogens with zero attached hydrogens (tertiary/aromatic N) is 2. The first-order valence-corrected chi connectivity index (χ1v) is 5.65. The van der Waals surface area contributed by atoms with Gasteiger partial charge in [-0.2, -0.15) is 4.37 Å². The molecule has 1 rings (SSSR count). The molecule has 0 aliphatic heterocycles. The maximum Gasteiger partial charge on any atom is 0.255 e. The third-order valence-electron chi connectivity index (χ3n) is 1.98. The van der Waals surface area contributed by atoms with Crippen LogP contribution in [0, 0.1) is 0 Å². The van der Waals surface area contributed by atoms with Crippen molar-refractivity contribution >= 4 is 28.3 Å². The molecule has 6 nitrogen and oxygen atoms in total. The second kappa shape index (κ2) is 5.13. The number of carbonyl (C=O) groups is 1. The van der Waals surface area contributed by atoms with Gasteiger partial charge in [0, 0.05) is 12.6 Å². The summed E-state index contributed by atoms with van der Waals surface area (Å²) in [4.78, 5) is 13.2. The fourth-order valence-electron chi connectivity index (χ4n) is 1.46. The van der Waals surface area contributed by atoms with Crippen molar-refractivity contribution in [2.75, 3.05) is 31.7 Å². The van der Waals surface area contributed by atoms with Crippen molar-refractivity contribution in [3.05, 3.63) is 5.56 Å². The fourth-order valence-corrected chi connectivity index (χ4v) is 2.29. The van der Waals surface area contributed by atoms with Gasteiger partial charge in [0.25, 0.3) is 5.91 Å². The van der Waals surface area contributed by atoms with Gasteiger partial charge in [0.15, 0.2) is 5.82 Å². The van der Waals surface area contributed by atoms with Crippen molar-refractivity contribution in [1.82, 2.24) is 9.27 Å². The minimum absolute atomic E-state index is 0.188. The van der Waals surface area contributed by atoms with E-state index in [9.17, 15) is 4.79 Å². The van der Waals surface area contributed by atoms with Gasteiger partial charge in [0.2, 0.25) is 0 Å². The Balaban J connectivity index is 2.77. The number of rotatable bonds is 5. The molecule has 5 N–H and O–H groups in total. The highest BCUT2D eigenvalue weighted by molar-refractivity contribution is 7.11. The van der Waals surface area contributed by atoms with Crippen LogP contribution in [0.15, 0.2) is 0 Å². The monoisotopic (exact) mass is 243 g/mol. The molecule has 0 spiro atoms. The molecule has 1 amide bonds. The maximum absolute atomic E-state index is 11.2. The van der Waals surface area contributed by atoms with Gasteiger partial charge in [0.05, 0.1) is 0 Å². The Kier molecular flexibility index (Phi) is 4.08. The molecule has 1 unspecified atom stereocenters. The number of carbonyl (C=O) groups excluding carboxylic acids is 1. The molecule has 0 fully saturated rings. The molecule has 16 heavy (non-hydrogen) atoms. The summed E-state index contributed by atoms with van der Waals surface area (Å²) in [6.45, 7) is 2.86. The Morgan fingerprint density at radius 2 is 2.25 bits per heavy atom. The van der Waals surface area contributed by atoms with Gasteiger partial charge < -0.3 is 21.7 Å². The van der Waals surface area contributed by atoms with E-state index < -0.39 is 5.91 Å². The van der Waals surface area contributed by atoms with Crippen molar-refractivity contribution in [2.45, 2.75) is 13.0 Å². The molecule has 1 heterocycles. The second-order valence-corrected chi connectivity index (χ2v) is 4.72. The summed E-state index contributed by atoms with van der Waals surface area (Å²) >= 11 is 1.15. The average molecular weight is 243 g/mol. The summed E-state index contributed by atoms with van der Waals surface area (Å²) in [5.41, 5.74) is 11.1. The third kappa shape index (κ3) is 3.07. The first-order chi connectivity index (χ1) is 7.41. The molecule has 0 aliphatic carbocycles. The lowest BCUT2D eigenvalue weighted by molar-refractivity contribution is 0.100. The average Bonchev–Trinajstić information content (AvgIpc) is 2.45. The lowest BCUT2D eigenvalue weighted by Gasteiger charge is -2.18. The molecule has 0 bridgehead atoms. The molecular weight excluding hydrogens is 226 g/mol. The van der Waals surface area contributed by atoms with E-state index in [1.54, 1.807) is 0 Å². The van der Waals surface area contributed by atoms with Crippen molar-refractivity contribution in [2.24, 2.45) is 5.73 Å². The van der Waals surface area contributed by atoms with Crippen LogP contribution in [0.5, 0.6) is 0 Å². The van der Waals surface area contributed by atoms with Gasteiger partial charge in [-0.05, 0) is 32.6 Å². The smallest absolute Gasteiger partial charge is 0.255 e. The molecule has 0 saturated carbocycles. The molecular formula is C9H17N5OS. The van der Waals surface area contributed by atoms with E-state index in [1.807, 2.05) is 25.9 Å².